The molecule has 1 aromatic carbocycles. The van der Waals surface area contributed by atoms with E-state index in [1.54, 1.807) is 6.07 Å². The van der Waals surface area contributed by atoms with Gasteiger partial charge in [0.15, 0.2) is 5.58 Å². The smallest absolute Gasteiger partial charge is 0.271 e. The van der Waals surface area contributed by atoms with Gasteiger partial charge in [0, 0.05) is 18.2 Å². The summed E-state index contributed by atoms with van der Waals surface area (Å²) >= 11 is 0. The van der Waals surface area contributed by atoms with Crippen LogP contribution in [0, 0.1) is 10.1 Å². The van der Waals surface area contributed by atoms with E-state index < -0.39 is 4.92 Å². The first kappa shape index (κ1) is 16.9. The van der Waals surface area contributed by atoms with Gasteiger partial charge in [0.25, 0.3) is 5.69 Å². The Morgan fingerprint density at radius 2 is 2.17 bits per heavy atom. The van der Waals surface area contributed by atoms with Crippen LogP contribution in [0.5, 0.6) is 0 Å². The molecule has 1 fully saturated rings. The van der Waals surface area contributed by atoms with Gasteiger partial charge in [-0.25, -0.2) is 4.98 Å². The first-order chi connectivity index (χ1) is 11.6. The number of hydrogen-bond acceptors (Lipinski definition) is 6. The molecule has 7 nitrogen and oxygen atoms in total. The highest BCUT2D eigenvalue weighted by atomic mass is 16.6. The SMILES string of the molecule is CCCN1CCC(N(C)Cc2nc3cc([N+](=O)[O-])ccc3o2)CC1. The van der Waals surface area contributed by atoms with Crippen LogP contribution in [-0.4, -0.2) is 52.4 Å². The molecule has 1 aliphatic heterocycles. The second kappa shape index (κ2) is 7.27. The molecule has 0 spiro atoms. The number of oxazole rings is 1. The fourth-order valence-corrected chi connectivity index (χ4v) is 3.39. The minimum Gasteiger partial charge on any atom is -0.439 e. The van der Waals surface area contributed by atoms with E-state index in [2.05, 4.69) is 28.8 Å². The normalized spacial score (nSPS) is 17.0. The number of likely N-dealkylation sites (tertiary alicyclic amines) is 1. The minimum absolute atomic E-state index is 0.0407. The molecular weight excluding hydrogens is 308 g/mol. The molecule has 0 aliphatic carbocycles. The van der Waals surface area contributed by atoms with Crippen LogP contribution in [0.25, 0.3) is 11.1 Å². The van der Waals surface area contributed by atoms with E-state index in [4.69, 9.17) is 4.42 Å². The molecule has 0 atom stereocenters. The van der Waals surface area contributed by atoms with Crippen molar-refractivity contribution in [2.75, 3.05) is 26.7 Å². The van der Waals surface area contributed by atoms with Gasteiger partial charge in [0.05, 0.1) is 11.5 Å². The molecule has 0 unspecified atom stereocenters. The van der Waals surface area contributed by atoms with E-state index >= 15 is 0 Å². The number of nitro benzene ring substituents is 1. The van der Waals surface area contributed by atoms with Crippen molar-refractivity contribution in [3.05, 3.63) is 34.2 Å². The van der Waals surface area contributed by atoms with Crippen molar-refractivity contribution in [2.45, 2.75) is 38.8 Å². The molecule has 7 heteroatoms. The fourth-order valence-electron chi connectivity index (χ4n) is 3.39. The maximum atomic E-state index is 10.8. The monoisotopic (exact) mass is 332 g/mol. The molecule has 2 heterocycles. The van der Waals surface area contributed by atoms with Gasteiger partial charge in [-0.3, -0.25) is 15.0 Å². The lowest BCUT2D eigenvalue weighted by Gasteiger charge is -2.36. The van der Waals surface area contributed by atoms with E-state index in [0.29, 0.717) is 29.6 Å². The number of nitrogens with zero attached hydrogens (tertiary/aromatic N) is 4. The summed E-state index contributed by atoms with van der Waals surface area (Å²) in [7, 11) is 2.09. The van der Waals surface area contributed by atoms with Crippen molar-refractivity contribution >= 4 is 16.8 Å². The highest BCUT2D eigenvalue weighted by molar-refractivity contribution is 5.75. The zero-order chi connectivity index (χ0) is 17.1. The molecule has 1 aliphatic rings. The summed E-state index contributed by atoms with van der Waals surface area (Å²) in [6, 6.07) is 5.06. The number of hydrogen-bond donors (Lipinski definition) is 0. The minimum atomic E-state index is -0.413. The van der Waals surface area contributed by atoms with Crippen molar-refractivity contribution in [1.82, 2.24) is 14.8 Å². The number of aromatic nitrogens is 1. The van der Waals surface area contributed by atoms with E-state index in [0.717, 1.165) is 25.9 Å². The van der Waals surface area contributed by atoms with Crippen LogP contribution in [0.15, 0.2) is 22.6 Å². The number of rotatable bonds is 6. The largest absolute Gasteiger partial charge is 0.439 e. The zero-order valence-electron chi connectivity index (χ0n) is 14.3. The Labute approximate surface area is 141 Å². The van der Waals surface area contributed by atoms with E-state index in [-0.39, 0.29) is 5.69 Å². The molecule has 1 saturated heterocycles. The predicted octanol–water partition coefficient (Wildman–Crippen LogP) is 3.04. The molecular formula is C17H24N4O3. The van der Waals surface area contributed by atoms with Crippen molar-refractivity contribution < 1.29 is 9.34 Å². The second-order valence-electron chi connectivity index (χ2n) is 6.50. The molecule has 24 heavy (non-hydrogen) atoms. The number of fused-ring (bicyclic) bond motifs is 1. The van der Waals surface area contributed by atoms with Crippen LogP contribution in [0.2, 0.25) is 0 Å². The van der Waals surface area contributed by atoms with Gasteiger partial charge >= 0.3 is 0 Å². The molecule has 0 N–H and O–H groups in total. The molecule has 0 saturated carbocycles. The van der Waals surface area contributed by atoms with Gasteiger partial charge in [-0.2, -0.15) is 0 Å². The van der Waals surface area contributed by atoms with Gasteiger partial charge in [-0.15, -0.1) is 0 Å². The summed E-state index contributed by atoms with van der Waals surface area (Å²) in [5.74, 6) is 0.615. The summed E-state index contributed by atoms with van der Waals surface area (Å²) in [6.07, 6.45) is 3.51. The van der Waals surface area contributed by atoms with Gasteiger partial charge in [-0.05, 0) is 52.0 Å². The molecule has 130 valence electrons. The Morgan fingerprint density at radius 1 is 1.42 bits per heavy atom. The highest BCUT2D eigenvalue weighted by Gasteiger charge is 2.23. The third kappa shape index (κ3) is 3.73. The number of nitro groups is 1. The van der Waals surface area contributed by atoms with Crippen LogP contribution >= 0.6 is 0 Å². The lowest BCUT2D eigenvalue weighted by Crippen LogP contribution is -2.43. The first-order valence-corrected chi connectivity index (χ1v) is 8.53. The third-order valence-electron chi connectivity index (χ3n) is 4.73. The van der Waals surface area contributed by atoms with E-state index in [1.165, 1.54) is 25.1 Å². The van der Waals surface area contributed by atoms with Gasteiger partial charge in [0.2, 0.25) is 5.89 Å². The van der Waals surface area contributed by atoms with Crippen molar-refractivity contribution in [3.8, 4) is 0 Å². The standard InChI is InChI=1S/C17H24N4O3/c1-3-8-20-9-6-13(7-10-20)19(2)12-17-18-15-11-14(21(22)23)4-5-16(15)24-17/h4-5,11,13H,3,6-10,12H2,1-2H3. The summed E-state index contributed by atoms with van der Waals surface area (Å²) in [5.41, 5.74) is 1.19. The van der Waals surface area contributed by atoms with Crippen molar-refractivity contribution in [3.63, 3.8) is 0 Å². The van der Waals surface area contributed by atoms with Crippen LogP contribution in [0.4, 0.5) is 5.69 Å². The van der Waals surface area contributed by atoms with Gasteiger partial charge in [-0.1, -0.05) is 6.92 Å². The molecule has 0 radical (unpaired) electrons. The zero-order valence-corrected chi connectivity index (χ0v) is 14.3. The summed E-state index contributed by atoms with van der Waals surface area (Å²) < 4.78 is 5.74. The lowest BCUT2D eigenvalue weighted by molar-refractivity contribution is -0.384. The highest BCUT2D eigenvalue weighted by Crippen LogP contribution is 2.23. The molecule has 0 amide bonds. The van der Waals surface area contributed by atoms with Crippen LogP contribution in [0.3, 0.4) is 0 Å². The summed E-state index contributed by atoms with van der Waals surface area (Å²) in [6.45, 7) is 6.31. The maximum Gasteiger partial charge on any atom is 0.271 e. The number of non-ortho nitro benzene ring substituents is 1. The Balaban J connectivity index is 1.63. The Morgan fingerprint density at radius 3 is 2.83 bits per heavy atom. The lowest BCUT2D eigenvalue weighted by atomic mass is 10.0. The number of benzene rings is 1. The molecule has 1 aromatic heterocycles. The van der Waals surface area contributed by atoms with E-state index in [1.807, 2.05) is 0 Å². The quantitative estimate of drug-likeness (QED) is 0.598. The van der Waals surface area contributed by atoms with Crippen molar-refractivity contribution in [2.24, 2.45) is 0 Å². The predicted molar refractivity (Wildman–Crippen MR) is 91.9 cm³/mol. The van der Waals surface area contributed by atoms with Gasteiger partial charge in [0.1, 0.15) is 5.52 Å². The Hall–Kier alpha value is -1.99. The maximum absolute atomic E-state index is 10.8. The average Bonchev–Trinajstić information content (AvgIpc) is 2.97. The first-order valence-electron chi connectivity index (χ1n) is 8.53. The summed E-state index contributed by atoms with van der Waals surface area (Å²) in [4.78, 5) is 19.6. The molecule has 0 bridgehead atoms. The Kier molecular flexibility index (Phi) is 5.11. The topological polar surface area (TPSA) is 75.7 Å². The Bertz CT molecular complexity index is 707. The second-order valence-corrected chi connectivity index (χ2v) is 6.50. The van der Waals surface area contributed by atoms with Crippen LogP contribution in [-0.2, 0) is 6.54 Å². The number of piperidine rings is 1. The van der Waals surface area contributed by atoms with Crippen LogP contribution < -0.4 is 0 Å². The molecule has 2 aromatic rings. The van der Waals surface area contributed by atoms with Crippen molar-refractivity contribution in [1.29, 1.82) is 0 Å². The van der Waals surface area contributed by atoms with E-state index in [9.17, 15) is 10.1 Å². The van der Waals surface area contributed by atoms with Gasteiger partial charge < -0.3 is 9.32 Å². The fraction of sp³-hybridized carbons (Fsp3) is 0.588. The summed E-state index contributed by atoms with van der Waals surface area (Å²) in [5, 5.41) is 10.8. The molecule has 3 rings (SSSR count). The third-order valence-corrected chi connectivity index (χ3v) is 4.73. The average molecular weight is 332 g/mol. The van der Waals surface area contributed by atoms with Crippen LogP contribution in [0.1, 0.15) is 32.1 Å².